The molecule has 0 saturated heterocycles. The Morgan fingerprint density at radius 1 is 0.972 bits per heavy atom. The Morgan fingerprint density at radius 2 is 1.69 bits per heavy atom. The van der Waals surface area contributed by atoms with Gasteiger partial charge in [-0.15, -0.1) is 0 Å². The third-order valence-corrected chi connectivity index (χ3v) is 6.16. The van der Waals surface area contributed by atoms with Crippen LogP contribution in [0.1, 0.15) is 23.5 Å². The predicted molar refractivity (Wildman–Crippen MR) is 134 cm³/mol. The molecule has 5 rings (SSSR count). The highest BCUT2D eigenvalue weighted by Crippen LogP contribution is 2.42. The van der Waals surface area contributed by atoms with Crippen LogP contribution in [-0.2, 0) is 9.53 Å². The van der Waals surface area contributed by atoms with Crippen molar-refractivity contribution in [1.29, 1.82) is 0 Å². The molecule has 2 heterocycles. The number of para-hydroxylation sites is 1. The third kappa shape index (κ3) is 3.98. The zero-order valence-electron chi connectivity index (χ0n) is 19.1. The minimum Gasteiger partial charge on any atom is -0.507 e. The van der Waals surface area contributed by atoms with Gasteiger partial charge in [0, 0.05) is 40.3 Å². The SMILES string of the molecule is COC(=O)C[C@@H](c1cc2ccccc2[nH]c1=O)c1c(O)cc(O)c2c(=O)cc(-c3ccccc3)oc12. The Kier molecular flexibility index (Phi) is 5.77. The van der Waals surface area contributed by atoms with Crippen molar-refractivity contribution in [3.05, 3.63) is 105 Å². The molecule has 0 aliphatic heterocycles. The van der Waals surface area contributed by atoms with Gasteiger partial charge in [-0.3, -0.25) is 14.4 Å². The summed E-state index contributed by atoms with van der Waals surface area (Å²) >= 11 is 0. The molecular formula is C28H21NO7. The van der Waals surface area contributed by atoms with Crippen molar-refractivity contribution in [2.45, 2.75) is 12.3 Å². The molecule has 5 aromatic rings. The van der Waals surface area contributed by atoms with Crippen molar-refractivity contribution in [3.8, 4) is 22.8 Å². The summed E-state index contributed by atoms with van der Waals surface area (Å²) in [6.45, 7) is 0. The highest BCUT2D eigenvalue weighted by atomic mass is 16.5. The first kappa shape index (κ1) is 22.9. The van der Waals surface area contributed by atoms with Crippen LogP contribution in [0, 0.1) is 0 Å². The highest BCUT2D eigenvalue weighted by Gasteiger charge is 2.30. The number of carbonyl (C=O) groups is 1. The number of phenolic OH excluding ortho intramolecular Hbond substituents is 2. The number of hydrogen-bond acceptors (Lipinski definition) is 7. The van der Waals surface area contributed by atoms with Crippen LogP contribution in [0.15, 0.2) is 86.8 Å². The first-order chi connectivity index (χ1) is 17.4. The Hall–Kier alpha value is -4.85. The molecule has 0 fully saturated rings. The molecule has 8 heteroatoms. The van der Waals surface area contributed by atoms with Gasteiger partial charge < -0.3 is 24.4 Å². The molecule has 1 atom stereocenters. The van der Waals surface area contributed by atoms with Crippen LogP contribution in [-0.4, -0.2) is 28.3 Å². The van der Waals surface area contributed by atoms with Gasteiger partial charge in [-0.25, -0.2) is 0 Å². The molecule has 8 nitrogen and oxygen atoms in total. The number of H-pyrrole nitrogens is 1. The standard InChI is InChI=1S/C28H21NO7/c1-35-24(33)12-17(18-11-16-9-5-6-10-19(16)29-28(18)34)25-20(30)13-21(31)26-22(32)14-23(36-27(25)26)15-7-3-2-4-8-15/h2-11,13-14,17,30-31H,12H2,1H3,(H,29,34)/t17-/m0/s1. The maximum atomic E-state index is 13.2. The van der Waals surface area contributed by atoms with Crippen LogP contribution in [0.25, 0.3) is 33.2 Å². The van der Waals surface area contributed by atoms with E-state index in [1.54, 1.807) is 54.6 Å². The van der Waals surface area contributed by atoms with Gasteiger partial charge in [-0.1, -0.05) is 48.5 Å². The average molecular weight is 483 g/mol. The second kappa shape index (κ2) is 9.07. The van der Waals surface area contributed by atoms with Crippen LogP contribution in [0.4, 0.5) is 0 Å². The fourth-order valence-electron chi connectivity index (χ4n) is 4.44. The normalized spacial score (nSPS) is 12.0. The molecule has 3 N–H and O–H groups in total. The fourth-order valence-corrected chi connectivity index (χ4v) is 4.44. The number of aromatic hydroxyl groups is 2. The summed E-state index contributed by atoms with van der Waals surface area (Å²) in [7, 11) is 1.21. The smallest absolute Gasteiger partial charge is 0.306 e. The number of aromatic nitrogens is 1. The first-order valence-electron chi connectivity index (χ1n) is 11.1. The molecule has 0 aliphatic carbocycles. The van der Waals surface area contributed by atoms with Crippen molar-refractivity contribution in [3.63, 3.8) is 0 Å². The van der Waals surface area contributed by atoms with Gasteiger partial charge in [0.25, 0.3) is 5.56 Å². The second-order valence-electron chi connectivity index (χ2n) is 8.35. The molecule has 0 radical (unpaired) electrons. The monoisotopic (exact) mass is 483 g/mol. The summed E-state index contributed by atoms with van der Waals surface area (Å²) in [4.78, 5) is 41.5. The largest absolute Gasteiger partial charge is 0.507 e. The molecule has 0 bridgehead atoms. The number of esters is 1. The highest BCUT2D eigenvalue weighted by molar-refractivity contribution is 5.91. The van der Waals surface area contributed by atoms with Crippen molar-refractivity contribution in [2.24, 2.45) is 0 Å². The second-order valence-corrected chi connectivity index (χ2v) is 8.35. The lowest BCUT2D eigenvalue weighted by molar-refractivity contribution is -0.140. The Labute approximate surface area is 204 Å². The lowest BCUT2D eigenvalue weighted by Crippen LogP contribution is -2.20. The van der Waals surface area contributed by atoms with E-state index in [-0.39, 0.29) is 34.3 Å². The zero-order chi connectivity index (χ0) is 25.4. The van der Waals surface area contributed by atoms with E-state index in [0.29, 0.717) is 16.5 Å². The number of methoxy groups -OCH3 is 1. The third-order valence-electron chi connectivity index (χ3n) is 6.16. The molecule has 0 unspecified atom stereocenters. The molecular weight excluding hydrogens is 462 g/mol. The molecule has 0 amide bonds. The Morgan fingerprint density at radius 3 is 2.44 bits per heavy atom. The molecule has 180 valence electrons. The van der Waals surface area contributed by atoms with Gasteiger partial charge in [0.15, 0.2) is 5.43 Å². The zero-order valence-corrected chi connectivity index (χ0v) is 19.1. The van der Waals surface area contributed by atoms with Crippen molar-refractivity contribution in [2.75, 3.05) is 7.11 Å². The molecule has 2 aromatic heterocycles. The van der Waals surface area contributed by atoms with Crippen LogP contribution >= 0.6 is 0 Å². The van der Waals surface area contributed by atoms with E-state index in [2.05, 4.69) is 4.98 Å². The molecule has 36 heavy (non-hydrogen) atoms. The van der Waals surface area contributed by atoms with E-state index in [9.17, 15) is 24.6 Å². The maximum absolute atomic E-state index is 13.2. The summed E-state index contributed by atoms with van der Waals surface area (Å²) in [6.07, 6.45) is -0.329. The number of pyridine rings is 1. The van der Waals surface area contributed by atoms with E-state index in [1.807, 2.05) is 6.07 Å². The molecule has 0 spiro atoms. The summed E-state index contributed by atoms with van der Waals surface area (Å²) in [5, 5.41) is 22.0. The van der Waals surface area contributed by atoms with Gasteiger partial charge in [-0.05, 0) is 17.5 Å². The summed E-state index contributed by atoms with van der Waals surface area (Å²) < 4.78 is 11.0. The number of phenols is 2. The lowest BCUT2D eigenvalue weighted by atomic mass is 9.86. The summed E-state index contributed by atoms with van der Waals surface area (Å²) in [5.41, 5.74) is 0.223. The Bertz CT molecular complexity index is 1740. The van der Waals surface area contributed by atoms with E-state index >= 15 is 0 Å². The lowest BCUT2D eigenvalue weighted by Gasteiger charge is -2.20. The van der Waals surface area contributed by atoms with Gasteiger partial charge in [0.1, 0.15) is 28.2 Å². The van der Waals surface area contributed by atoms with Crippen LogP contribution in [0.5, 0.6) is 11.5 Å². The van der Waals surface area contributed by atoms with Crippen molar-refractivity contribution >= 4 is 27.8 Å². The minimum absolute atomic E-state index is 0.0175. The topological polar surface area (TPSA) is 130 Å². The summed E-state index contributed by atoms with van der Waals surface area (Å²) in [5.74, 6) is -2.42. The Balaban J connectivity index is 1.85. The van der Waals surface area contributed by atoms with Crippen LogP contribution < -0.4 is 11.0 Å². The van der Waals surface area contributed by atoms with Crippen molar-refractivity contribution in [1.82, 2.24) is 4.98 Å². The molecule has 0 saturated carbocycles. The molecule has 3 aromatic carbocycles. The van der Waals surface area contributed by atoms with Crippen LogP contribution in [0.2, 0.25) is 0 Å². The van der Waals surface area contributed by atoms with E-state index in [1.165, 1.54) is 13.2 Å². The van der Waals surface area contributed by atoms with Crippen molar-refractivity contribution < 1.29 is 24.2 Å². The number of benzene rings is 3. The number of hydrogen-bond donors (Lipinski definition) is 3. The van der Waals surface area contributed by atoms with Gasteiger partial charge >= 0.3 is 5.97 Å². The van der Waals surface area contributed by atoms with Gasteiger partial charge in [-0.2, -0.15) is 0 Å². The van der Waals surface area contributed by atoms with Gasteiger partial charge in [0.05, 0.1) is 13.5 Å². The molecule has 0 aliphatic rings. The number of carbonyl (C=O) groups excluding carboxylic acids is 1. The van der Waals surface area contributed by atoms with E-state index in [4.69, 9.17) is 9.15 Å². The fraction of sp³-hybridized carbons (Fsp3) is 0.107. The first-order valence-corrected chi connectivity index (χ1v) is 11.1. The summed E-state index contributed by atoms with van der Waals surface area (Å²) in [6, 6.07) is 19.8. The van der Waals surface area contributed by atoms with Gasteiger partial charge in [0.2, 0.25) is 0 Å². The minimum atomic E-state index is -1.05. The van der Waals surface area contributed by atoms with Crippen LogP contribution in [0.3, 0.4) is 0 Å². The number of fused-ring (bicyclic) bond motifs is 2. The average Bonchev–Trinajstić information content (AvgIpc) is 2.87. The quantitative estimate of drug-likeness (QED) is 0.316. The predicted octanol–water partition coefficient (Wildman–Crippen LogP) is 4.41. The number of aromatic amines is 1. The van der Waals surface area contributed by atoms with E-state index in [0.717, 1.165) is 6.07 Å². The number of nitrogens with one attached hydrogen (secondary N) is 1. The maximum Gasteiger partial charge on any atom is 0.306 e. The number of ether oxygens (including phenoxy) is 1. The number of rotatable bonds is 5. The van der Waals surface area contributed by atoms with E-state index < -0.39 is 34.4 Å².